The number of hydrogen-bond acceptors (Lipinski definition) is 6. The van der Waals surface area contributed by atoms with Crippen LogP contribution in [-0.2, 0) is 11.3 Å². The number of imidazole rings is 1. The highest BCUT2D eigenvalue weighted by Gasteiger charge is 2.15. The fourth-order valence-corrected chi connectivity index (χ4v) is 3.06. The predicted octanol–water partition coefficient (Wildman–Crippen LogP) is 2.04. The maximum Gasteiger partial charge on any atom is 0.297 e. The van der Waals surface area contributed by atoms with Gasteiger partial charge in [0, 0.05) is 19.6 Å². The second-order valence-electron chi connectivity index (χ2n) is 6.04. The van der Waals surface area contributed by atoms with Gasteiger partial charge in [-0.1, -0.05) is 6.92 Å². The number of fused-ring (bicyclic) bond motifs is 1. The fraction of sp³-hybridized carbons (Fsp3) is 0.667. The van der Waals surface area contributed by atoms with Crippen LogP contribution in [0.15, 0.2) is 10.8 Å². The molecule has 2 aromatic heterocycles. The lowest BCUT2D eigenvalue weighted by Gasteiger charge is -2.27. The van der Waals surface area contributed by atoms with E-state index in [0.717, 1.165) is 45.7 Å². The first kappa shape index (κ1) is 16.6. The molecule has 8 heteroatoms. The average molecular weight is 384 g/mol. The number of nitrogens with zero attached hydrogens (tertiary/aromatic N) is 5. The van der Waals surface area contributed by atoms with Crippen LogP contribution in [0.5, 0.6) is 6.01 Å². The molecule has 0 aromatic carbocycles. The molecule has 23 heavy (non-hydrogen) atoms. The molecule has 0 amide bonds. The molecule has 1 N–H and O–H groups in total. The summed E-state index contributed by atoms with van der Waals surface area (Å²) >= 11 is 3.31. The molecule has 0 spiro atoms. The second kappa shape index (κ2) is 7.55. The van der Waals surface area contributed by atoms with Crippen molar-refractivity contribution in [1.82, 2.24) is 24.4 Å². The van der Waals surface area contributed by atoms with Gasteiger partial charge < -0.3 is 9.84 Å². The highest BCUT2D eigenvalue weighted by molar-refractivity contribution is 9.10. The Balaban J connectivity index is 1.55. The van der Waals surface area contributed by atoms with Crippen LogP contribution in [0, 0.1) is 5.92 Å². The summed E-state index contributed by atoms with van der Waals surface area (Å²) in [7, 11) is 0. The van der Waals surface area contributed by atoms with E-state index in [9.17, 15) is 5.11 Å². The number of morpholine rings is 1. The van der Waals surface area contributed by atoms with Crippen LogP contribution in [-0.4, -0.2) is 62.4 Å². The van der Waals surface area contributed by atoms with Gasteiger partial charge in [0.15, 0.2) is 5.65 Å². The number of aryl methyl sites for hydroxylation is 1. The summed E-state index contributed by atoms with van der Waals surface area (Å²) in [5.41, 5.74) is 1.10. The van der Waals surface area contributed by atoms with Crippen molar-refractivity contribution in [2.24, 2.45) is 5.92 Å². The van der Waals surface area contributed by atoms with Crippen molar-refractivity contribution in [3.8, 4) is 6.01 Å². The molecule has 1 atom stereocenters. The Morgan fingerprint density at radius 2 is 2.00 bits per heavy atom. The molecular weight excluding hydrogens is 362 g/mol. The van der Waals surface area contributed by atoms with Gasteiger partial charge in [-0.3, -0.25) is 9.47 Å². The lowest BCUT2D eigenvalue weighted by molar-refractivity contribution is 0.0355. The fourth-order valence-electron chi connectivity index (χ4n) is 2.79. The summed E-state index contributed by atoms with van der Waals surface area (Å²) in [5.74, 6) is 0.565. The summed E-state index contributed by atoms with van der Waals surface area (Å²) in [5, 5.41) is 10.0. The van der Waals surface area contributed by atoms with Crippen LogP contribution in [0.25, 0.3) is 11.3 Å². The van der Waals surface area contributed by atoms with Gasteiger partial charge in [-0.2, -0.15) is 4.98 Å². The van der Waals surface area contributed by atoms with E-state index in [1.165, 1.54) is 0 Å². The molecule has 1 saturated heterocycles. The van der Waals surface area contributed by atoms with Crippen LogP contribution in [0.4, 0.5) is 0 Å². The number of hydrogen-bond donors (Lipinski definition) is 1. The summed E-state index contributed by atoms with van der Waals surface area (Å²) in [6.45, 7) is 7.79. The van der Waals surface area contributed by atoms with E-state index in [1.54, 1.807) is 10.8 Å². The summed E-state index contributed by atoms with van der Waals surface area (Å²) in [6.07, 6.45) is 3.70. The van der Waals surface area contributed by atoms with Crippen LogP contribution in [0.2, 0.25) is 0 Å². The molecule has 0 aliphatic carbocycles. The maximum atomic E-state index is 10.0. The van der Waals surface area contributed by atoms with E-state index in [2.05, 4.69) is 42.7 Å². The highest BCUT2D eigenvalue weighted by Crippen LogP contribution is 2.21. The van der Waals surface area contributed by atoms with Gasteiger partial charge in [-0.05, 0) is 41.2 Å². The van der Waals surface area contributed by atoms with Gasteiger partial charge in [0.25, 0.3) is 6.01 Å². The normalized spacial score (nSPS) is 17.7. The zero-order chi connectivity index (χ0) is 16.2. The van der Waals surface area contributed by atoms with E-state index in [4.69, 9.17) is 4.74 Å². The molecule has 126 valence electrons. The van der Waals surface area contributed by atoms with Crippen LogP contribution < -0.4 is 0 Å². The van der Waals surface area contributed by atoms with Crippen molar-refractivity contribution in [3.05, 3.63) is 10.8 Å². The van der Waals surface area contributed by atoms with E-state index in [-0.39, 0.29) is 6.01 Å². The summed E-state index contributed by atoms with van der Waals surface area (Å²) in [4.78, 5) is 15.0. The van der Waals surface area contributed by atoms with Gasteiger partial charge in [-0.25, -0.2) is 9.97 Å². The number of ether oxygens (including phenoxy) is 1. The van der Waals surface area contributed by atoms with Gasteiger partial charge in [0.05, 0.1) is 19.4 Å². The van der Waals surface area contributed by atoms with E-state index in [0.29, 0.717) is 28.4 Å². The first-order valence-corrected chi connectivity index (χ1v) is 8.80. The Bertz CT molecular complexity index is 657. The first-order chi connectivity index (χ1) is 11.1. The first-order valence-electron chi connectivity index (χ1n) is 8.01. The van der Waals surface area contributed by atoms with Crippen LogP contribution >= 0.6 is 15.9 Å². The molecule has 3 heterocycles. The standard InChI is InChI=1S/C15H22BrN5O2/c1-11(2-4-20-6-8-23-9-7-20)3-5-21-14-13(19-15(21)22)17-10-12(16)18-14/h10-11H,2-9H2,1H3,(H,17,19,22). The Morgan fingerprint density at radius 3 is 2.78 bits per heavy atom. The number of aromatic nitrogens is 4. The molecular formula is C15H22BrN5O2. The Kier molecular flexibility index (Phi) is 5.45. The van der Waals surface area contributed by atoms with Crippen LogP contribution in [0.3, 0.4) is 0 Å². The van der Waals surface area contributed by atoms with E-state index in [1.807, 2.05) is 0 Å². The van der Waals surface area contributed by atoms with Crippen molar-refractivity contribution in [2.75, 3.05) is 32.8 Å². The molecule has 3 rings (SSSR count). The Morgan fingerprint density at radius 1 is 1.26 bits per heavy atom. The molecule has 0 saturated carbocycles. The van der Waals surface area contributed by atoms with Crippen molar-refractivity contribution in [1.29, 1.82) is 0 Å². The minimum absolute atomic E-state index is 0.0153. The lowest BCUT2D eigenvalue weighted by Crippen LogP contribution is -2.37. The third kappa shape index (κ3) is 4.19. The Hall–Kier alpha value is -1.25. The average Bonchev–Trinajstić information content (AvgIpc) is 2.86. The zero-order valence-electron chi connectivity index (χ0n) is 13.3. The largest absolute Gasteiger partial charge is 0.480 e. The summed E-state index contributed by atoms with van der Waals surface area (Å²) < 4.78 is 7.75. The Labute approximate surface area is 143 Å². The van der Waals surface area contributed by atoms with Crippen molar-refractivity contribution in [2.45, 2.75) is 26.3 Å². The van der Waals surface area contributed by atoms with Crippen LogP contribution in [0.1, 0.15) is 19.8 Å². The quantitative estimate of drug-likeness (QED) is 0.822. The maximum absolute atomic E-state index is 10.0. The minimum atomic E-state index is -0.0153. The highest BCUT2D eigenvalue weighted by atomic mass is 79.9. The summed E-state index contributed by atoms with van der Waals surface area (Å²) in [6, 6.07) is -0.0153. The molecule has 0 radical (unpaired) electrons. The topological polar surface area (TPSA) is 76.3 Å². The lowest BCUT2D eigenvalue weighted by atomic mass is 10.0. The number of rotatable bonds is 6. The monoisotopic (exact) mass is 383 g/mol. The van der Waals surface area contributed by atoms with Crippen molar-refractivity contribution in [3.63, 3.8) is 0 Å². The molecule has 1 aliphatic rings. The predicted molar refractivity (Wildman–Crippen MR) is 90.3 cm³/mol. The molecule has 1 aliphatic heterocycles. The minimum Gasteiger partial charge on any atom is -0.480 e. The molecule has 7 nitrogen and oxygen atoms in total. The van der Waals surface area contributed by atoms with E-state index >= 15 is 0 Å². The van der Waals surface area contributed by atoms with E-state index < -0.39 is 0 Å². The molecule has 1 unspecified atom stereocenters. The number of aromatic hydroxyl groups is 1. The molecule has 0 bridgehead atoms. The van der Waals surface area contributed by atoms with Crippen molar-refractivity contribution < 1.29 is 9.84 Å². The van der Waals surface area contributed by atoms with Gasteiger partial charge in [-0.15, -0.1) is 0 Å². The molecule has 2 aromatic rings. The second-order valence-corrected chi connectivity index (χ2v) is 6.85. The molecule has 1 fully saturated rings. The SMILES string of the molecule is CC(CCN1CCOCC1)CCn1c(O)nc2ncc(Br)nc21. The van der Waals surface area contributed by atoms with Gasteiger partial charge >= 0.3 is 0 Å². The third-order valence-corrected chi connectivity index (χ3v) is 4.68. The zero-order valence-corrected chi connectivity index (χ0v) is 14.9. The van der Waals surface area contributed by atoms with Crippen molar-refractivity contribution >= 4 is 27.2 Å². The number of halogens is 1. The van der Waals surface area contributed by atoms with Gasteiger partial charge in [0.2, 0.25) is 5.65 Å². The van der Waals surface area contributed by atoms with Gasteiger partial charge in [0.1, 0.15) is 4.60 Å². The third-order valence-electron chi connectivity index (χ3n) is 4.30. The smallest absolute Gasteiger partial charge is 0.297 e.